The van der Waals surface area contributed by atoms with Crippen LogP contribution in [0.15, 0.2) is 34.0 Å². The molecule has 0 saturated heterocycles. The van der Waals surface area contributed by atoms with E-state index in [0.29, 0.717) is 6.42 Å². The molecule has 0 aliphatic rings. The Kier molecular flexibility index (Phi) is 4.44. The van der Waals surface area contributed by atoms with E-state index in [4.69, 9.17) is 5.26 Å². The van der Waals surface area contributed by atoms with E-state index >= 15 is 0 Å². The lowest BCUT2D eigenvalue weighted by molar-refractivity contribution is 0.576. The van der Waals surface area contributed by atoms with Crippen molar-refractivity contribution in [1.82, 2.24) is 9.71 Å². The van der Waals surface area contributed by atoms with Crippen molar-refractivity contribution in [3.05, 3.63) is 46.2 Å². The van der Waals surface area contributed by atoms with E-state index in [1.54, 1.807) is 11.6 Å². The third kappa shape index (κ3) is 3.19. The molecule has 20 heavy (non-hydrogen) atoms. The van der Waals surface area contributed by atoms with Crippen LogP contribution in [-0.2, 0) is 16.4 Å². The fourth-order valence-corrected chi connectivity index (χ4v) is 3.38. The maximum absolute atomic E-state index is 13.4. The zero-order valence-electron chi connectivity index (χ0n) is 10.2. The van der Waals surface area contributed by atoms with Gasteiger partial charge in [0.1, 0.15) is 22.3 Å². The first-order valence-corrected chi connectivity index (χ1v) is 8.02. The lowest BCUT2D eigenvalue weighted by Crippen LogP contribution is -2.27. The molecule has 0 atom stereocenters. The minimum Gasteiger partial charge on any atom is -0.250 e. The Hall–Kier alpha value is -1.82. The summed E-state index contributed by atoms with van der Waals surface area (Å²) in [6, 6.07) is 5.07. The van der Waals surface area contributed by atoms with Crippen LogP contribution in [0.25, 0.3) is 0 Å². The molecule has 1 aromatic carbocycles. The molecule has 2 rings (SSSR count). The summed E-state index contributed by atoms with van der Waals surface area (Å²) in [6.45, 7) is 0.132. The average molecular weight is 311 g/mol. The molecule has 0 amide bonds. The molecule has 1 aromatic heterocycles. The van der Waals surface area contributed by atoms with Gasteiger partial charge >= 0.3 is 0 Å². The second-order valence-corrected chi connectivity index (χ2v) is 6.31. The highest BCUT2D eigenvalue weighted by Crippen LogP contribution is 2.17. The Morgan fingerprint density at radius 2 is 2.25 bits per heavy atom. The number of sulfonamides is 1. The number of benzene rings is 1. The van der Waals surface area contributed by atoms with Gasteiger partial charge in [0.15, 0.2) is 0 Å². The van der Waals surface area contributed by atoms with Crippen LogP contribution in [0, 0.1) is 17.1 Å². The topological polar surface area (TPSA) is 82.8 Å². The molecule has 104 valence electrons. The normalized spacial score (nSPS) is 11.2. The lowest BCUT2D eigenvalue weighted by Gasteiger charge is -2.07. The van der Waals surface area contributed by atoms with Crippen molar-refractivity contribution in [2.45, 2.75) is 11.3 Å². The highest BCUT2D eigenvalue weighted by Gasteiger charge is 2.20. The maximum atomic E-state index is 13.4. The molecular formula is C12H10FN3O2S2. The largest absolute Gasteiger partial charge is 0.250 e. The number of halogens is 1. The molecule has 0 saturated carbocycles. The fraction of sp³-hybridized carbons (Fsp3) is 0.167. The number of nitrogens with zero attached hydrogens (tertiary/aromatic N) is 2. The van der Waals surface area contributed by atoms with Crippen molar-refractivity contribution in [3.8, 4) is 6.07 Å². The van der Waals surface area contributed by atoms with Crippen molar-refractivity contribution >= 4 is 21.4 Å². The fourth-order valence-electron chi connectivity index (χ4n) is 1.59. The van der Waals surface area contributed by atoms with E-state index < -0.39 is 21.4 Å². The number of hydrogen-bond donors (Lipinski definition) is 1. The summed E-state index contributed by atoms with van der Waals surface area (Å²) >= 11 is 1.42. The Morgan fingerprint density at radius 3 is 2.90 bits per heavy atom. The van der Waals surface area contributed by atoms with Crippen molar-refractivity contribution in [2.75, 3.05) is 6.54 Å². The highest BCUT2D eigenvalue weighted by atomic mass is 32.2. The summed E-state index contributed by atoms with van der Waals surface area (Å²) in [5, 5.41) is 10.7. The molecular weight excluding hydrogens is 301 g/mol. The van der Waals surface area contributed by atoms with E-state index in [2.05, 4.69) is 9.71 Å². The lowest BCUT2D eigenvalue weighted by atomic mass is 10.2. The predicted octanol–water partition coefficient (Wildman–Crippen LogP) is 1.67. The van der Waals surface area contributed by atoms with Crippen molar-refractivity contribution in [3.63, 3.8) is 0 Å². The first-order chi connectivity index (χ1) is 9.54. The van der Waals surface area contributed by atoms with Gasteiger partial charge < -0.3 is 0 Å². The smallest absolute Gasteiger partial charge is 0.242 e. The summed E-state index contributed by atoms with van der Waals surface area (Å²) in [4.78, 5) is 3.68. The van der Waals surface area contributed by atoms with Crippen LogP contribution in [0.2, 0.25) is 0 Å². The zero-order valence-corrected chi connectivity index (χ0v) is 11.8. The number of aromatic nitrogens is 1. The van der Waals surface area contributed by atoms with Gasteiger partial charge in [-0.2, -0.15) is 5.26 Å². The second-order valence-electron chi connectivity index (χ2n) is 3.85. The van der Waals surface area contributed by atoms with Gasteiger partial charge in [-0.05, 0) is 12.1 Å². The molecule has 0 bridgehead atoms. The summed E-state index contributed by atoms with van der Waals surface area (Å²) in [7, 11) is -3.92. The van der Waals surface area contributed by atoms with Crippen molar-refractivity contribution in [2.24, 2.45) is 0 Å². The maximum Gasteiger partial charge on any atom is 0.242 e. The number of hydrogen-bond acceptors (Lipinski definition) is 5. The first kappa shape index (κ1) is 14.6. The monoisotopic (exact) mass is 311 g/mol. The quantitative estimate of drug-likeness (QED) is 0.910. The molecule has 0 fully saturated rings. The van der Waals surface area contributed by atoms with E-state index in [-0.39, 0.29) is 11.4 Å². The van der Waals surface area contributed by atoms with Gasteiger partial charge in [0, 0.05) is 18.3 Å². The summed E-state index contributed by atoms with van der Waals surface area (Å²) in [5.41, 5.74) is 1.95. The number of nitrogens with one attached hydrogen (secondary N) is 1. The zero-order chi connectivity index (χ0) is 14.6. The molecule has 0 unspecified atom stereocenters. The Morgan fingerprint density at radius 1 is 1.45 bits per heavy atom. The van der Waals surface area contributed by atoms with Crippen molar-refractivity contribution < 1.29 is 12.8 Å². The molecule has 2 aromatic rings. The molecule has 0 spiro atoms. The molecule has 0 radical (unpaired) electrons. The number of thiazole rings is 1. The standard InChI is InChI=1S/C12H10FN3O2S2/c13-11-2-1-3-12(10(11)6-14)20(17,18)16-5-4-9-7-19-8-15-9/h1-3,7-8,16H,4-5H2. The average Bonchev–Trinajstić information content (AvgIpc) is 2.91. The molecule has 1 heterocycles. The first-order valence-electron chi connectivity index (χ1n) is 5.60. The van der Waals surface area contributed by atoms with E-state index in [9.17, 15) is 12.8 Å². The highest BCUT2D eigenvalue weighted by molar-refractivity contribution is 7.89. The van der Waals surface area contributed by atoms with E-state index in [0.717, 1.165) is 11.8 Å². The van der Waals surface area contributed by atoms with Gasteiger partial charge in [-0.3, -0.25) is 0 Å². The van der Waals surface area contributed by atoms with Gasteiger partial charge in [-0.25, -0.2) is 22.5 Å². The van der Waals surface area contributed by atoms with Gasteiger partial charge in [0.25, 0.3) is 0 Å². The molecule has 8 heteroatoms. The summed E-state index contributed by atoms with van der Waals surface area (Å²) in [5.74, 6) is -0.852. The Bertz CT molecular complexity index is 737. The van der Waals surface area contributed by atoms with Crippen LogP contribution >= 0.6 is 11.3 Å². The van der Waals surface area contributed by atoms with Gasteiger partial charge in [0.05, 0.1) is 11.2 Å². The van der Waals surface area contributed by atoms with Gasteiger partial charge in [0.2, 0.25) is 10.0 Å². The van der Waals surface area contributed by atoms with Crippen LogP contribution in [-0.4, -0.2) is 19.9 Å². The van der Waals surface area contributed by atoms with E-state index in [1.165, 1.54) is 23.5 Å². The number of nitriles is 1. The van der Waals surface area contributed by atoms with Crippen LogP contribution in [0.3, 0.4) is 0 Å². The van der Waals surface area contributed by atoms with Crippen LogP contribution < -0.4 is 4.72 Å². The number of rotatable bonds is 5. The van der Waals surface area contributed by atoms with E-state index in [1.807, 2.05) is 5.38 Å². The molecule has 0 aliphatic heterocycles. The van der Waals surface area contributed by atoms with Crippen LogP contribution in [0.4, 0.5) is 4.39 Å². The molecule has 0 aliphatic carbocycles. The minimum absolute atomic E-state index is 0.132. The predicted molar refractivity (Wildman–Crippen MR) is 72.1 cm³/mol. The second kappa shape index (κ2) is 6.09. The molecule has 1 N–H and O–H groups in total. The summed E-state index contributed by atoms with van der Waals surface area (Å²) in [6.07, 6.45) is 0.430. The minimum atomic E-state index is -3.92. The van der Waals surface area contributed by atoms with Crippen molar-refractivity contribution in [1.29, 1.82) is 5.26 Å². The Labute approximate surface area is 119 Å². The third-order valence-electron chi connectivity index (χ3n) is 2.53. The van der Waals surface area contributed by atoms with Crippen LogP contribution in [0.5, 0.6) is 0 Å². The SMILES string of the molecule is N#Cc1c(F)cccc1S(=O)(=O)NCCc1cscn1. The van der Waals surface area contributed by atoms with Crippen LogP contribution in [0.1, 0.15) is 11.3 Å². The Balaban J connectivity index is 2.15. The van der Waals surface area contributed by atoms with Gasteiger partial charge in [-0.1, -0.05) is 6.07 Å². The van der Waals surface area contributed by atoms with Gasteiger partial charge in [-0.15, -0.1) is 11.3 Å². The molecule has 5 nitrogen and oxygen atoms in total. The third-order valence-corrected chi connectivity index (χ3v) is 4.67. The summed E-state index contributed by atoms with van der Waals surface area (Å²) < 4.78 is 39.8.